The summed E-state index contributed by atoms with van der Waals surface area (Å²) in [5.41, 5.74) is 0.329. The van der Waals surface area contributed by atoms with Gasteiger partial charge in [0, 0.05) is 26.1 Å². The molecule has 6 heteroatoms. The largest absolute Gasteiger partial charge is 0.480 e. The van der Waals surface area contributed by atoms with Gasteiger partial charge in [-0.25, -0.2) is 0 Å². The van der Waals surface area contributed by atoms with Gasteiger partial charge in [0.05, 0.1) is 19.3 Å². The van der Waals surface area contributed by atoms with Crippen LogP contribution in [-0.4, -0.2) is 72.7 Å². The van der Waals surface area contributed by atoms with Crippen molar-refractivity contribution in [2.75, 3.05) is 39.8 Å². The molecule has 2 fully saturated rings. The summed E-state index contributed by atoms with van der Waals surface area (Å²) in [7, 11) is 1.77. The number of carboxylic acid groups (broad SMARTS) is 1. The van der Waals surface area contributed by atoms with Crippen molar-refractivity contribution in [3.63, 3.8) is 0 Å². The van der Waals surface area contributed by atoms with Crippen molar-refractivity contribution in [2.24, 2.45) is 17.3 Å². The van der Waals surface area contributed by atoms with E-state index in [2.05, 4.69) is 20.8 Å². The first-order valence-electron chi connectivity index (χ1n) is 9.44. The van der Waals surface area contributed by atoms with Crippen LogP contribution in [0.2, 0.25) is 0 Å². The molecule has 1 aliphatic carbocycles. The van der Waals surface area contributed by atoms with Crippen molar-refractivity contribution in [3.05, 3.63) is 0 Å². The van der Waals surface area contributed by atoms with Gasteiger partial charge in [-0.1, -0.05) is 20.8 Å². The van der Waals surface area contributed by atoms with Gasteiger partial charge in [0.1, 0.15) is 0 Å². The number of rotatable bonds is 6. The highest BCUT2D eigenvalue weighted by atomic mass is 16.5. The van der Waals surface area contributed by atoms with E-state index in [9.17, 15) is 9.59 Å². The van der Waals surface area contributed by atoms with Gasteiger partial charge in [0.25, 0.3) is 0 Å². The lowest BCUT2D eigenvalue weighted by atomic mass is 9.67. The van der Waals surface area contributed by atoms with Crippen molar-refractivity contribution in [1.29, 1.82) is 0 Å². The van der Waals surface area contributed by atoms with Crippen LogP contribution in [0.5, 0.6) is 0 Å². The minimum atomic E-state index is -0.847. The number of carboxylic acids is 1. The van der Waals surface area contributed by atoms with Crippen LogP contribution >= 0.6 is 0 Å². The quantitative estimate of drug-likeness (QED) is 0.791. The van der Waals surface area contributed by atoms with Gasteiger partial charge in [0.15, 0.2) is 0 Å². The molecule has 1 amide bonds. The zero-order valence-corrected chi connectivity index (χ0v) is 16.2. The minimum absolute atomic E-state index is 0.0111. The maximum atomic E-state index is 12.8. The molecule has 1 saturated heterocycles. The third kappa shape index (κ3) is 6.59. The number of carbonyl (C=O) groups excluding carboxylic acids is 1. The van der Waals surface area contributed by atoms with Crippen LogP contribution < -0.4 is 0 Å². The maximum Gasteiger partial charge on any atom is 0.317 e. The molecule has 0 spiro atoms. The molecule has 25 heavy (non-hydrogen) atoms. The van der Waals surface area contributed by atoms with E-state index in [0.717, 1.165) is 12.8 Å². The smallest absolute Gasteiger partial charge is 0.317 e. The SMILES string of the molecule is CC1CC(CC(=O)N2CCOC(CN(C)CC(=O)O)C2)CC(C)(C)C1. The summed E-state index contributed by atoms with van der Waals surface area (Å²) in [6.07, 6.45) is 4.03. The molecule has 0 radical (unpaired) electrons. The fraction of sp³-hybridized carbons (Fsp3) is 0.895. The number of amides is 1. The van der Waals surface area contributed by atoms with E-state index in [1.807, 2.05) is 4.90 Å². The molecule has 1 N–H and O–H groups in total. The third-order valence-corrected chi connectivity index (χ3v) is 5.35. The van der Waals surface area contributed by atoms with Crippen LogP contribution in [0.25, 0.3) is 0 Å². The van der Waals surface area contributed by atoms with Gasteiger partial charge in [0.2, 0.25) is 5.91 Å². The van der Waals surface area contributed by atoms with Gasteiger partial charge < -0.3 is 14.7 Å². The summed E-state index contributed by atoms with van der Waals surface area (Å²) < 4.78 is 5.72. The lowest BCUT2D eigenvalue weighted by molar-refractivity contribution is -0.143. The second kappa shape index (κ2) is 8.49. The lowest BCUT2D eigenvalue weighted by Gasteiger charge is -2.40. The van der Waals surface area contributed by atoms with E-state index < -0.39 is 5.97 Å². The number of carbonyl (C=O) groups is 2. The maximum absolute atomic E-state index is 12.8. The fourth-order valence-electron chi connectivity index (χ4n) is 4.77. The molecule has 6 nitrogen and oxygen atoms in total. The van der Waals surface area contributed by atoms with Crippen LogP contribution in [0.15, 0.2) is 0 Å². The van der Waals surface area contributed by atoms with Crippen molar-refractivity contribution in [1.82, 2.24) is 9.80 Å². The van der Waals surface area contributed by atoms with Gasteiger partial charge >= 0.3 is 5.97 Å². The minimum Gasteiger partial charge on any atom is -0.480 e. The Kier molecular flexibility index (Phi) is 6.86. The number of aliphatic carboxylic acids is 1. The Balaban J connectivity index is 1.83. The molecule has 3 unspecified atom stereocenters. The third-order valence-electron chi connectivity index (χ3n) is 5.35. The molecular weight excluding hydrogens is 320 g/mol. The standard InChI is InChI=1S/C19H34N2O4/c1-14-7-15(10-19(2,3)9-14)8-17(22)21-5-6-25-16(12-21)11-20(4)13-18(23)24/h14-16H,5-13H2,1-4H3,(H,23,24). The predicted molar refractivity (Wildman–Crippen MR) is 96.4 cm³/mol. The Labute approximate surface area is 151 Å². The summed E-state index contributed by atoms with van der Waals surface area (Å²) in [4.78, 5) is 27.2. The summed E-state index contributed by atoms with van der Waals surface area (Å²) >= 11 is 0. The molecule has 1 aliphatic heterocycles. The van der Waals surface area contributed by atoms with Crippen LogP contribution in [0.3, 0.4) is 0 Å². The highest BCUT2D eigenvalue weighted by molar-refractivity contribution is 5.76. The first-order valence-corrected chi connectivity index (χ1v) is 9.44. The number of morpholine rings is 1. The zero-order valence-electron chi connectivity index (χ0n) is 16.2. The van der Waals surface area contributed by atoms with Crippen LogP contribution in [-0.2, 0) is 14.3 Å². The molecule has 2 rings (SSSR count). The van der Waals surface area contributed by atoms with Crippen molar-refractivity contribution < 1.29 is 19.4 Å². The predicted octanol–water partition coefficient (Wildman–Crippen LogP) is 2.08. The molecule has 3 atom stereocenters. The Hall–Kier alpha value is -1.14. The van der Waals surface area contributed by atoms with E-state index in [-0.39, 0.29) is 18.6 Å². The molecule has 0 aromatic heterocycles. The molecule has 0 bridgehead atoms. The normalized spacial score (nSPS) is 29.6. The average molecular weight is 354 g/mol. The van der Waals surface area contributed by atoms with Crippen LogP contribution in [0.1, 0.15) is 46.5 Å². The molecule has 0 aromatic rings. The van der Waals surface area contributed by atoms with Gasteiger partial charge in [-0.2, -0.15) is 0 Å². The Morgan fingerprint density at radius 1 is 1.32 bits per heavy atom. The first kappa shape index (κ1) is 20.2. The van der Waals surface area contributed by atoms with Gasteiger partial charge in [-0.15, -0.1) is 0 Å². The van der Waals surface area contributed by atoms with Crippen LogP contribution in [0, 0.1) is 17.3 Å². The fourth-order valence-corrected chi connectivity index (χ4v) is 4.77. The van der Waals surface area contributed by atoms with E-state index >= 15 is 0 Å². The van der Waals surface area contributed by atoms with Gasteiger partial charge in [-0.05, 0) is 43.6 Å². The average Bonchev–Trinajstić information content (AvgIpc) is 2.44. The Morgan fingerprint density at radius 3 is 2.68 bits per heavy atom. The molecule has 2 aliphatic rings. The summed E-state index contributed by atoms with van der Waals surface area (Å²) in [6, 6.07) is 0. The first-order chi connectivity index (χ1) is 11.6. The Bertz CT molecular complexity index is 480. The van der Waals surface area contributed by atoms with E-state index in [1.54, 1.807) is 11.9 Å². The highest BCUT2D eigenvalue weighted by Gasteiger charge is 2.34. The number of nitrogens with zero attached hydrogens (tertiary/aromatic N) is 2. The molecule has 0 aromatic carbocycles. The van der Waals surface area contributed by atoms with Crippen molar-refractivity contribution in [2.45, 2.75) is 52.6 Å². The number of likely N-dealkylation sites (N-methyl/N-ethyl adjacent to an activating group) is 1. The van der Waals surface area contributed by atoms with Crippen molar-refractivity contribution in [3.8, 4) is 0 Å². The van der Waals surface area contributed by atoms with E-state index in [4.69, 9.17) is 9.84 Å². The Morgan fingerprint density at radius 2 is 2.04 bits per heavy atom. The molecule has 144 valence electrons. The number of hydrogen-bond donors (Lipinski definition) is 1. The second-order valence-corrected chi connectivity index (χ2v) is 8.91. The monoisotopic (exact) mass is 354 g/mol. The molecule has 1 heterocycles. The van der Waals surface area contributed by atoms with E-state index in [1.165, 1.54) is 6.42 Å². The number of ether oxygens (including phenoxy) is 1. The topological polar surface area (TPSA) is 70.1 Å². The molecular formula is C19H34N2O4. The second-order valence-electron chi connectivity index (χ2n) is 8.91. The lowest BCUT2D eigenvalue weighted by Crippen LogP contribution is -2.50. The van der Waals surface area contributed by atoms with E-state index in [0.29, 0.717) is 49.9 Å². The number of hydrogen-bond acceptors (Lipinski definition) is 4. The summed E-state index contributed by atoms with van der Waals surface area (Å²) in [5.74, 6) is 0.537. The summed E-state index contributed by atoms with van der Waals surface area (Å²) in [6.45, 7) is 9.17. The summed E-state index contributed by atoms with van der Waals surface area (Å²) in [5, 5.41) is 8.85. The highest BCUT2D eigenvalue weighted by Crippen LogP contribution is 2.43. The van der Waals surface area contributed by atoms with Gasteiger partial charge in [-0.3, -0.25) is 14.5 Å². The van der Waals surface area contributed by atoms with Crippen LogP contribution in [0.4, 0.5) is 0 Å². The zero-order chi connectivity index (χ0) is 18.6. The molecule has 1 saturated carbocycles. The van der Waals surface area contributed by atoms with Crippen molar-refractivity contribution >= 4 is 11.9 Å².